The van der Waals surface area contributed by atoms with Gasteiger partial charge in [-0.05, 0) is 36.4 Å². The quantitative estimate of drug-likeness (QED) is 0.779. The summed E-state index contributed by atoms with van der Waals surface area (Å²) >= 11 is 1.55. The summed E-state index contributed by atoms with van der Waals surface area (Å²) in [4.78, 5) is 4.50. The van der Waals surface area contributed by atoms with Crippen LogP contribution >= 0.6 is 11.3 Å². The molecule has 0 saturated heterocycles. The van der Waals surface area contributed by atoms with E-state index in [1.54, 1.807) is 11.3 Å². The molecule has 1 heterocycles. The van der Waals surface area contributed by atoms with E-state index in [1.807, 2.05) is 24.3 Å². The number of nitrogens with one attached hydrogen (secondary N) is 1. The molecular weight excluding hydrogens is 323 g/mol. The van der Waals surface area contributed by atoms with Gasteiger partial charge in [0.1, 0.15) is 5.82 Å². The molecule has 0 atom stereocenters. The molecule has 114 valence electrons. The summed E-state index contributed by atoms with van der Waals surface area (Å²) in [5, 5.41) is 0.878. The summed E-state index contributed by atoms with van der Waals surface area (Å²) in [6.07, 6.45) is 0.514. The van der Waals surface area contributed by atoms with Gasteiger partial charge in [0.2, 0.25) is 10.0 Å². The van der Waals surface area contributed by atoms with E-state index >= 15 is 0 Å². The second kappa shape index (κ2) is 6.12. The van der Waals surface area contributed by atoms with Crippen molar-refractivity contribution in [3.63, 3.8) is 0 Å². The van der Waals surface area contributed by atoms with Crippen molar-refractivity contribution in [3.8, 4) is 0 Å². The maximum Gasteiger partial charge on any atom is 0.240 e. The van der Waals surface area contributed by atoms with Gasteiger partial charge in [-0.25, -0.2) is 22.5 Å². The lowest BCUT2D eigenvalue weighted by Gasteiger charge is -2.05. The average Bonchev–Trinajstić information content (AvgIpc) is 2.90. The largest absolute Gasteiger partial charge is 0.241 e. The molecule has 0 fully saturated rings. The van der Waals surface area contributed by atoms with Gasteiger partial charge in [0.25, 0.3) is 0 Å². The van der Waals surface area contributed by atoms with Gasteiger partial charge >= 0.3 is 0 Å². The van der Waals surface area contributed by atoms with Gasteiger partial charge in [0.05, 0.1) is 20.1 Å². The van der Waals surface area contributed by atoms with Crippen LogP contribution in [0.2, 0.25) is 0 Å². The highest BCUT2D eigenvalue weighted by Gasteiger charge is 2.13. The summed E-state index contributed by atoms with van der Waals surface area (Å²) in [6, 6.07) is 12.5. The fourth-order valence-electron chi connectivity index (χ4n) is 2.02. The van der Waals surface area contributed by atoms with Crippen molar-refractivity contribution in [2.45, 2.75) is 11.3 Å². The molecule has 0 bridgehead atoms. The lowest BCUT2D eigenvalue weighted by molar-refractivity contribution is 0.580. The number of halogens is 1. The average molecular weight is 336 g/mol. The Balaban J connectivity index is 1.65. The molecule has 3 aromatic rings. The van der Waals surface area contributed by atoms with E-state index in [0.29, 0.717) is 6.42 Å². The predicted octanol–water partition coefficient (Wildman–Crippen LogP) is 2.96. The van der Waals surface area contributed by atoms with Gasteiger partial charge in [0.15, 0.2) is 0 Å². The molecule has 3 rings (SSSR count). The summed E-state index contributed by atoms with van der Waals surface area (Å²) in [6.45, 7) is 0.250. The van der Waals surface area contributed by atoms with E-state index in [0.717, 1.165) is 27.4 Å². The third-order valence-electron chi connectivity index (χ3n) is 3.09. The maximum atomic E-state index is 12.8. The Bertz CT molecular complexity index is 856. The van der Waals surface area contributed by atoms with Crippen molar-refractivity contribution in [2.24, 2.45) is 0 Å². The summed E-state index contributed by atoms with van der Waals surface area (Å²) in [5.74, 6) is -0.464. The number of aromatic nitrogens is 1. The number of thiazole rings is 1. The Morgan fingerprint density at radius 3 is 2.55 bits per heavy atom. The Hall–Kier alpha value is -1.83. The third-order valence-corrected chi connectivity index (χ3v) is 5.67. The minimum absolute atomic E-state index is 0.0539. The first-order valence-corrected chi connectivity index (χ1v) is 8.94. The second-order valence-corrected chi connectivity index (χ2v) is 7.56. The normalized spacial score (nSPS) is 11.9. The van der Waals surface area contributed by atoms with Crippen LogP contribution in [0.3, 0.4) is 0 Å². The topological polar surface area (TPSA) is 59.1 Å². The SMILES string of the molecule is O=S(=O)(NCCc1nc2ccccc2s1)c1ccc(F)cc1. The van der Waals surface area contributed by atoms with Crippen LogP contribution in [0.5, 0.6) is 0 Å². The molecule has 1 aromatic heterocycles. The van der Waals surface area contributed by atoms with Gasteiger partial charge in [-0.15, -0.1) is 11.3 Å². The van der Waals surface area contributed by atoms with Crippen molar-refractivity contribution in [3.05, 3.63) is 59.4 Å². The molecule has 1 N–H and O–H groups in total. The van der Waals surface area contributed by atoms with E-state index in [9.17, 15) is 12.8 Å². The number of sulfonamides is 1. The molecule has 0 amide bonds. The highest BCUT2D eigenvalue weighted by Crippen LogP contribution is 2.21. The van der Waals surface area contributed by atoms with E-state index in [2.05, 4.69) is 9.71 Å². The van der Waals surface area contributed by atoms with Crippen LogP contribution < -0.4 is 4.72 Å². The standard InChI is InChI=1S/C15H13FN2O2S2/c16-11-5-7-12(8-6-11)22(19,20)17-10-9-15-18-13-3-1-2-4-14(13)21-15/h1-8,17H,9-10H2. The minimum atomic E-state index is -3.62. The molecule has 0 unspecified atom stereocenters. The number of nitrogens with zero attached hydrogens (tertiary/aromatic N) is 1. The van der Waals surface area contributed by atoms with Crippen molar-refractivity contribution in [1.82, 2.24) is 9.71 Å². The molecule has 0 saturated carbocycles. The van der Waals surface area contributed by atoms with Crippen LogP contribution in [0, 0.1) is 5.82 Å². The highest BCUT2D eigenvalue weighted by atomic mass is 32.2. The molecule has 0 aliphatic rings. The van der Waals surface area contributed by atoms with Gasteiger partial charge < -0.3 is 0 Å². The van der Waals surface area contributed by atoms with E-state index in [1.165, 1.54) is 12.1 Å². The van der Waals surface area contributed by atoms with Crippen LogP contribution in [0.25, 0.3) is 10.2 Å². The van der Waals surface area contributed by atoms with Crippen molar-refractivity contribution < 1.29 is 12.8 Å². The van der Waals surface area contributed by atoms with E-state index < -0.39 is 15.8 Å². The van der Waals surface area contributed by atoms with Crippen LogP contribution in [-0.4, -0.2) is 19.9 Å². The van der Waals surface area contributed by atoms with Crippen molar-refractivity contribution >= 4 is 31.6 Å². The first-order chi connectivity index (χ1) is 10.5. The zero-order valence-corrected chi connectivity index (χ0v) is 13.1. The fourth-order valence-corrected chi connectivity index (χ4v) is 4.01. The number of hydrogen-bond acceptors (Lipinski definition) is 4. The first-order valence-electron chi connectivity index (χ1n) is 6.64. The lowest BCUT2D eigenvalue weighted by atomic mass is 10.3. The van der Waals surface area contributed by atoms with E-state index in [-0.39, 0.29) is 11.4 Å². The van der Waals surface area contributed by atoms with Crippen LogP contribution in [-0.2, 0) is 16.4 Å². The summed E-state index contributed by atoms with van der Waals surface area (Å²) in [5.41, 5.74) is 0.920. The molecule has 2 aromatic carbocycles. The molecule has 0 aliphatic heterocycles. The van der Waals surface area contributed by atoms with Crippen molar-refractivity contribution in [1.29, 1.82) is 0 Å². The van der Waals surface area contributed by atoms with Crippen molar-refractivity contribution in [2.75, 3.05) is 6.54 Å². The van der Waals surface area contributed by atoms with Crippen LogP contribution in [0.15, 0.2) is 53.4 Å². The zero-order valence-electron chi connectivity index (χ0n) is 11.5. The molecule has 0 spiro atoms. The monoisotopic (exact) mass is 336 g/mol. The number of rotatable bonds is 5. The molecule has 0 aliphatic carbocycles. The van der Waals surface area contributed by atoms with Gasteiger partial charge in [-0.2, -0.15) is 0 Å². The van der Waals surface area contributed by atoms with Gasteiger partial charge in [0, 0.05) is 13.0 Å². The van der Waals surface area contributed by atoms with Crippen LogP contribution in [0.1, 0.15) is 5.01 Å². The highest BCUT2D eigenvalue weighted by molar-refractivity contribution is 7.89. The molecule has 0 radical (unpaired) electrons. The molecule has 22 heavy (non-hydrogen) atoms. The van der Waals surface area contributed by atoms with E-state index in [4.69, 9.17) is 0 Å². The predicted molar refractivity (Wildman–Crippen MR) is 84.9 cm³/mol. The Kier molecular flexibility index (Phi) is 4.19. The first kappa shape index (κ1) is 15.1. The Morgan fingerprint density at radius 1 is 1.09 bits per heavy atom. The number of benzene rings is 2. The smallest absolute Gasteiger partial charge is 0.240 e. The van der Waals surface area contributed by atoms with Crippen LogP contribution in [0.4, 0.5) is 4.39 Å². The number of para-hydroxylation sites is 1. The zero-order chi connectivity index (χ0) is 15.6. The third kappa shape index (κ3) is 3.32. The molecular formula is C15H13FN2O2S2. The molecule has 7 heteroatoms. The lowest BCUT2D eigenvalue weighted by Crippen LogP contribution is -2.25. The summed E-state index contributed by atoms with van der Waals surface area (Å²) < 4.78 is 40.5. The van der Waals surface area contributed by atoms with Gasteiger partial charge in [-0.1, -0.05) is 12.1 Å². The fraction of sp³-hybridized carbons (Fsp3) is 0.133. The number of hydrogen-bond donors (Lipinski definition) is 1. The second-order valence-electron chi connectivity index (χ2n) is 4.68. The maximum absolute atomic E-state index is 12.8. The molecule has 4 nitrogen and oxygen atoms in total. The Morgan fingerprint density at radius 2 is 1.82 bits per heavy atom. The summed E-state index contributed by atoms with van der Waals surface area (Å²) in [7, 11) is -3.62. The number of fused-ring (bicyclic) bond motifs is 1. The van der Waals surface area contributed by atoms with Gasteiger partial charge in [-0.3, -0.25) is 0 Å². The minimum Gasteiger partial charge on any atom is -0.241 e. The Labute approximate surface area is 131 Å².